The first-order valence-electron chi connectivity index (χ1n) is 7.06. The van der Waals surface area contributed by atoms with Crippen LogP contribution in [-0.2, 0) is 12.8 Å². The minimum atomic E-state index is 0.495. The highest BCUT2D eigenvalue weighted by molar-refractivity contribution is 5.61. The van der Waals surface area contributed by atoms with Crippen molar-refractivity contribution >= 4 is 0 Å². The Bertz CT molecular complexity index is 617. The Labute approximate surface area is 113 Å². The molecule has 3 nitrogen and oxygen atoms in total. The molecule has 0 spiro atoms. The number of nitrogens with zero attached hydrogens (tertiary/aromatic N) is 2. The van der Waals surface area contributed by atoms with E-state index in [1.165, 1.54) is 36.0 Å². The van der Waals surface area contributed by atoms with E-state index in [1.54, 1.807) is 0 Å². The van der Waals surface area contributed by atoms with E-state index in [0.29, 0.717) is 5.92 Å². The van der Waals surface area contributed by atoms with Crippen LogP contribution in [0.2, 0.25) is 0 Å². The van der Waals surface area contributed by atoms with Gasteiger partial charge in [0.25, 0.3) is 0 Å². The van der Waals surface area contributed by atoms with Gasteiger partial charge in [0.1, 0.15) is 5.82 Å². The van der Waals surface area contributed by atoms with Gasteiger partial charge in [-0.3, -0.25) is 0 Å². The maximum absolute atomic E-state index is 4.74. The fourth-order valence-corrected chi connectivity index (χ4v) is 2.93. The second-order valence-corrected chi connectivity index (χ2v) is 5.49. The van der Waals surface area contributed by atoms with E-state index in [1.807, 2.05) is 12.3 Å². The summed E-state index contributed by atoms with van der Waals surface area (Å²) < 4.78 is 0. The Kier molecular flexibility index (Phi) is 2.59. The molecular weight excluding hydrogens is 234 g/mol. The largest absolute Gasteiger partial charge is 0.315 e. The third-order valence-electron chi connectivity index (χ3n) is 4.22. The van der Waals surface area contributed by atoms with E-state index in [0.717, 1.165) is 24.6 Å². The van der Waals surface area contributed by atoms with Crippen LogP contribution in [0.4, 0.5) is 0 Å². The second-order valence-electron chi connectivity index (χ2n) is 5.49. The third-order valence-corrected chi connectivity index (χ3v) is 4.22. The zero-order chi connectivity index (χ0) is 12.7. The lowest BCUT2D eigenvalue weighted by Crippen LogP contribution is -2.40. The Balaban J connectivity index is 1.71. The molecule has 1 N–H and O–H groups in total. The van der Waals surface area contributed by atoms with Crippen molar-refractivity contribution in [3.8, 4) is 11.3 Å². The van der Waals surface area contributed by atoms with Crippen LogP contribution in [0, 0.1) is 0 Å². The summed E-state index contributed by atoms with van der Waals surface area (Å²) in [5.74, 6) is 1.48. The standard InChI is InChI=1S/C16H17N3/c1-2-11-4-5-13(8-12(11)3-1)15-6-7-18-16(19-15)14-9-17-10-14/h4-8,14,17H,1-3,9-10H2. The first-order valence-corrected chi connectivity index (χ1v) is 7.06. The molecule has 19 heavy (non-hydrogen) atoms. The van der Waals surface area contributed by atoms with Gasteiger partial charge in [-0.25, -0.2) is 9.97 Å². The van der Waals surface area contributed by atoms with Crippen LogP contribution < -0.4 is 5.32 Å². The SMILES string of the molecule is c1cc(-c2ccc3c(c2)CCC3)nc(C2CNC2)n1. The summed E-state index contributed by atoms with van der Waals surface area (Å²) in [5.41, 5.74) is 5.31. The molecule has 2 heterocycles. The minimum Gasteiger partial charge on any atom is -0.315 e. The summed E-state index contributed by atoms with van der Waals surface area (Å²) in [4.78, 5) is 9.15. The van der Waals surface area contributed by atoms with E-state index < -0.39 is 0 Å². The molecule has 0 unspecified atom stereocenters. The molecule has 1 aliphatic heterocycles. The van der Waals surface area contributed by atoms with Crippen molar-refractivity contribution in [1.82, 2.24) is 15.3 Å². The van der Waals surface area contributed by atoms with Crippen molar-refractivity contribution in [2.24, 2.45) is 0 Å². The molecule has 2 aliphatic rings. The van der Waals surface area contributed by atoms with E-state index in [4.69, 9.17) is 4.98 Å². The predicted octanol–water partition coefficient (Wildman–Crippen LogP) is 2.32. The number of aryl methyl sites for hydroxylation is 2. The fourth-order valence-electron chi connectivity index (χ4n) is 2.93. The monoisotopic (exact) mass is 251 g/mol. The van der Waals surface area contributed by atoms with Crippen LogP contribution in [0.1, 0.15) is 29.3 Å². The van der Waals surface area contributed by atoms with Gasteiger partial charge in [-0.1, -0.05) is 12.1 Å². The van der Waals surface area contributed by atoms with Crippen molar-refractivity contribution in [2.45, 2.75) is 25.2 Å². The molecule has 0 bridgehead atoms. The molecule has 4 rings (SSSR count). The van der Waals surface area contributed by atoms with Crippen LogP contribution in [0.15, 0.2) is 30.5 Å². The zero-order valence-corrected chi connectivity index (χ0v) is 10.9. The fraction of sp³-hybridized carbons (Fsp3) is 0.375. The molecule has 96 valence electrons. The Morgan fingerprint density at radius 1 is 1.05 bits per heavy atom. The van der Waals surface area contributed by atoms with Gasteiger partial charge in [0.2, 0.25) is 0 Å². The minimum absolute atomic E-state index is 0.495. The summed E-state index contributed by atoms with van der Waals surface area (Å²) in [6, 6.07) is 8.80. The average molecular weight is 251 g/mol. The van der Waals surface area contributed by atoms with Gasteiger partial charge in [0.05, 0.1) is 5.69 Å². The van der Waals surface area contributed by atoms with Crippen molar-refractivity contribution in [1.29, 1.82) is 0 Å². The van der Waals surface area contributed by atoms with E-state index in [9.17, 15) is 0 Å². The lowest BCUT2D eigenvalue weighted by molar-refractivity contribution is 0.430. The van der Waals surface area contributed by atoms with Gasteiger partial charge in [-0.15, -0.1) is 0 Å². The highest BCUT2D eigenvalue weighted by Gasteiger charge is 2.22. The number of rotatable bonds is 2. The smallest absolute Gasteiger partial charge is 0.134 e. The van der Waals surface area contributed by atoms with Crippen molar-refractivity contribution in [3.05, 3.63) is 47.4 Å². The van der Waals surface area contributed by atoms with Gasteiger partial charge in [-0.05, 0) is 42.5 Å². The number of hydrogen-bond acceptors (Lipinski definition) is 3. The predicted molar refractivity (Wildman–Crippen MR) is 75.1 cm³/mol. The summed E-state index contributed by atoms with van der Waals surface area (Å²) in [5, 5.41) is 3.27. The van der Waals surface area contributed by atoms with Crippen LogP contribution in [0.3, 0.4) is 0 Å². The van der Waals surface area contributed by atoms with Gasteiger partial charge >= 0.3 is 0 Å². The Morgan fingerprint density at radius 2 is 1.95 bits per heavy atom. The molecule has 0 atom stereocenters. The quantitative estimate of drug-likeness (QED) is 0.890. The molecular formula is C16H17N3. The second kappa shape index (κ2) is 4.42. The zero-order valence-electron chi connectivity index (χ0n) is 10.9. The molecule has 3 heteroatoms. The van der Waals surface area contributed by atoms with Crippen molar-refractivity contribution < 1.29 is 0 Å². The number of aromatic nitrogens is 2. The topological polar surface area (TPSA) is 37.8 Å². The lowest BCUT2D eigenvalue weighted by atomic mass is 10.0. The molecule has 0 radical (unpaired) electrons. The van der Waals surface area contributed by atoms with E-state index >= 15 is 0 Å². The van der Waals surface area contributed by atoms with Gasteiger partial charge < -0.3 is 5.32 Å². The van der Waals surface area contributed by atoms with Crippen LogP contribution in [-0.4, -0.2) is 23.1 Å². The van der Waals surface area contributed by atoms with E-state index in [2.05, 4.69) is 28.5 Å². The maximum atomic E-state index is 4.74. The van der Waals surface area contributed by atoms with Crippen molar-refractivity contribution in [2.75, 3.05) is 13.1 Å². The summed E-state index contributed by atoms with van der Waals surface area (Å²) >= 11 is 0. The molecule has 0 amide bonds. The third kappa shape index (κ3) is 1.94. The van der Waals surface area contributed by atoms with Gasteiger partial charge in [0, 0.05) is 30.8 Å². The molecule has 1 saturated heterocycles. The van der Waals surface area contributed by atoms with E-state index in [-0.39, 0.29) is 0 Å². The molecule has 0 saturated carbocycles. The number of benzene rings is 1. The van der Waals surface area contributed by atoms with Gasteiger partial charge in [0.15, 0.2) is 0 Å². The highest BCUT2D eigenvalue weighted by Crippen LogP contribution is 2.27. The number of hydrogen-bond donors (Lipinski definition) is 1. The maximum Gasteiger partial charge on any atom is 0.134 e. The summed E-state index contributed by atoms with van der Waals surface area (Å²) in [7, 11) is 0. The summed E-state index contributed by atoms with van der Waals surface area (Å²) in [6.07, 6.45) is 5.64. The lowest BCUT2D eigenvalue weighted by Gasteiger charge is -2.25. The first kappa shape index (κ1) is 11.1. The molecule has 1 aromatic heterocycles. The van der Waals surface area contributed by atoms with Crippen LogP contribution in [0.5, 0.6) is 0 Å². The molecule has 1 aromatic carbocycles. The highest BCUT2D eigenvalue weighted by atomic mass is 15.0. The molecule has 2 aromatic rings. The Morgan fingerprint density at radius 3 is 2.79 bits per heavy atom. The van der Waals surface area contributed by atoms with Crippen LogP contribution >= 0.6 is 0 Å². The molecule has 1 fully saturated rings. The first-order chi connectivity index (χ1) is 9.40. The molecule has 1 aliphatic carbocycles. The van der Waals surface area contributed by atoms with Gasteiger partial charge in [-0.2, -0.15) is 0 Å². The van der Waals surface area contributed by atoms with Crippen molar-refractivity contribution in [3.63, 3.8) is 0 Å². The number of nitrogens with one attached hydrogen (secondary N) is 1. The average Bonchev–Trinajstić information content (AvgIpc) is 2.84. The normalized spacial score (nSPS) is 18.1. The number of fused-ring (bicyclic) bond motifs is 1. The van der Waals surface area contributed by atoms with Crippen LogP contribution in [0.25, 0.3) is 11.3 Å². The summed E-state index contributed by atoms with van der Waals surface area (Å²) in [6.45, 7) is 2.02. The Hall–Kier alpha value is -1.74.